The number of primary amides is 1. The average Bonchev–Trinajstić information content (AvgIpc) is 2.81. The average molecular weight is 539 g/mol. The summed E-state index contributed by atoms with van der Waals surface area (Å²) in [5.41, 5.74) is 7.67. The fraction of sp³-hybridized carbons (Fsp3) is 0.379. The number of nitrogens with two attached hydrogens (primary N) is 1. The van der Waals surface area contributed by atoms with Gasteiger partial charge < -0.3 is 31.1 Å². The third-order valence-electron chi connectivity index (χ3n) is 5.83. The molecule has 4 amide bonds. The molecule has 0 aliphatic heterocycles. The highest BCUT2D eigenvalue weighted by Crippen LogP contribution is 2.29. The zero-order valence-electron chi connectivity index (χ0n) is 23.3. The van der Waals surface area contributed by atoms with Gasteiger partial charge in [0.15, 0.2) is 0 Å². The van der Waals surface area contributed by atoms with Crippen molar-refractivity contribution in [1.82, 2.24) is 10.2 Å². The van der Waals surface area contributed by atoms with E-state index < -0.39 is 47.9 Å². The van der Waals surface area contributed by atoms with Gasteiger partial charge in [0.25, 0.3) is 5.91 Å². The van der Waals surface area contributed by atoms with Crippen molar-refractivity contribution in [2.24, 2.45) is 5.73 Å². The molecule has 210 valence electrons. The number of anilines is 1. The summed E-state index contributed by atoms with van der Waals surface area (Å²) < 4.78 is 5.27. The molecular formula is C29H38N4O6. The second kappa shape index (κ2) is 12.9. The van der Waals surface area contributed by atoms with E-state index in [4.69, 9.17) is 10.5 Å². The van der Waals surface area contributed by atoms with E-state index in [2.05, 4.69) is 17.2 Å². The van der Waals surface area contributed by atoms with Gasteiger partial charge >= 0.3 is 6.09 Å². The van der Waals surface area contributed by atoms with Crippen molar-refractivity contribution >= 4 is 29.5 Å². The molecule has 2 aromatic carbocycles. The van der Waals surface area contributed by atoms with Gasteiger partial charge in [0, 0.05) is 12.2 Å². The maximum atomic E-state index is 13.9. The van der Waals surface area contributed by atoms with Crippen LogP contribution in [0, 0.1) is 20.8 Å². The Morgan fingerprint density at radius 1 is 1.08 bits per heavy atom. The minimum Gasteiger partial charge on any atom is -0.508 e. The summed E-state index contributed by atoms with van der Waals surface area (Å²) in [5, 5.41) is 15.4. The normalized spacial score (nSPS) is 12.6. The molecule has 0 saturated carbocycles. The number of phenols is 1. The lowest BCUT2D eigenvalue weighted by molar-refractivity contribution is -0.141. The lowest BCUT2D eigenvalue weighted by Gasteiger charge is -2.34. The number of carbonyl (C=O) groups excluding carboxylic acids is 4. The van der Waals surface area contributed by atoms with Gasteiger partial charge in [-0.05, 0) is 75.9 Å². The van der Waals surface area contributed by atoms with Crippen LogP contribution in [-0.2, 0) is 19.1 Å². The zero-order chi connectivity index (χ0) is 29.5. The molecule has 0 bridgehead atoms. The third kappa shape index (κ3) is 8.59. The van der Waals surface area contributed by atoms with Crippen molar-refractivity contribution in [1.29, 1.82) is 0 Å². The number of phenolic OH excluding ortho intramolecular Hbond substituents is 1. The van der Waals surface area contributed by atoms with Gasteiger partial charge in [-0.25, -0.2) is 4.79 Å². The van der Waals surface area contributed by atoms with Crippen LogP contribution in [0.5, 0.6) is 5.75 Å². The first-order valence-corrected chi connectivity index (χ1v) is 12.5. The second-order valence-corrected chi connectivity index (χ2v) is 10.4. The van der Waals surface area contributed by atoms with Crippen molar-refractivity contribution < 1.29 is 29.0 Å². The van der Waals surface area contributed by atoms with Crippen LogP contribution >= 0.6 is 0 Å². The third-order valence-corrected chi connectivity index (χ3v) is 5.83. The molecule has 5 N–H and O–H groups in total. The number of aromatic hydroxyl groups is 1. The van der Waals surface area contributed by atoms with E-state index in [0.717, 1.165) is 11.1 Å². The number of hydrogen-bond acceptors (Lipinski definition) is 6. The zero-order valence-corrected chi connectivity index (χ0v) is 23.3. The van der Waals surface area contributed by atoms with Crippen LogP contribution in [-0.4, -0.2) is 52.0 Å². The summed E-state index contributed by atoms with van der Waals surface area (Å²) in [6, 6.07) is 7.50. The van der Waals surface area contributed by atoms with Crippen LogP contribution in [0.3, 0.4) is 0 Å². The van der Waals surface area contributed by atoms with E-state index in [9.17, 15) is 24.3 Å². The Morgan fingerprint density at radius 2 is 1.69 bits per heavy atom. The van der Waals surface area contributed by atoms with Gasteiger partial charge in [-0.3, -0.25) is 14.4 Å². The quantitative estimate of drug-likeness (QED) is 0.338. The van der Waals surface area contributed by atoms with Crippen LogP contribution in [0.2, 0.25) is 0 Å². The molecule has 0 saturated heterocycles. The van der Waals surface area contributed by atoms with Gasteiger partial charge in [-0.15, -0.1) is 6.58 Å². The van der Waals surface area contributed by atoms with Crippen LogP contribution in [0.1, 0.15) is 55.5 Å². The van der Waals surface area contributed by atoms with Gasteiger partial charge in [0.05, 0.1) is 6.42 Å². The Bertz CT molecular complexity index is 1230. The molecule has 39 heavy (non-hydrogen) atoms. The fourth-order valence-corrected chi connectivity index (χ4v) is 4.04. The molecular weight excluding hydrogens is 500 g/mol. The lowest BCUT2D eigenvalue weighted by Crippen LogP contribution is -2.53. The maximum absolute atomic E-state index is 13.9. The molecule has 0 aliphatic rings. The number of rotatable bonds is 10. The van der Waals surface area contributed by atoms with Crippen molar-refractivity contribution in [3.8, 4) is 5.75 Å². The molecule has 0 fully saturated rings. The second-order valence-electron chi connectivity index (χ2n) is 10.4. The molecule has 0 spiro atoms. The molecule has 0 radical (unpaired) electrons. The van der Waals surface area contributed by atoms with E-state index in [1.165, 1.54) is 23.1 Å². The molecule has 0 aliphatic carbocycles. The minimum atomic E-state index is -1.41. The summed E-state index contributed by atoms with van der Waals surface area (Å²) in [6.07, 6.45) is -0.0113. The maximum Gasteiger partial charge on any atom is 0.408 e. The monoisotopic (exact) mass is 538 g/mol. The summed E-state index contributed by atoms with van der Waals surface area (Å²) in [7, 11) is 0. The number of benzene rings is 2. The summed E-state index contributed by atoms with van der Waals surface area (Å²) >= 11 is 0. The van der Waals surface area contributed by atoms with Gasteiger partial charge in [0.2, 0.25) is 11.8 Å². The molecule has 2 unspecified atom stereocenters. The Balaban J connectivity index is 2.59. The van der Waals surface area contributed by atoms with E-state index >= 15 is 0 Å². The number of amides is 4. The standard InChI is InChI=1S/C29H38N4O6/c1-8-14-33(27(37)21(16-23(30)35)31-28(38)39-29(5,6)7)25(20-12-13-22(34)19(4)15-20)26(36)32-24-17(2)10-9-11-18(24)3/h8-13,15,21,25,34H,1,14,16H2,2-7H3,(H2,30,35)(H,31,38)(H,32,36). The summed E-state index contributed by atoms with van der Waals surface area (Å²) in [6.45, 7) is 14.0. The molecule has 0 aromatic heterocycles. The molecule has 10 nitrogen and oxygen atoms in total. The van der Waals surface area contributed by atoms with E-state index in [1.54, 1.807) is 33.8 Å². The predicted molar refractivity (Wildman–Crippen MR) is 149 cm³/mol. The lowest BCUT2D eigenvalue weighted by atomic mass is 9.99. The SMILES string of the molecule is C=CCN(C(=O)C(CC(N)=O)NC(=O)OC(C)(C)C)C(C(=O)Nc1c(C)cccc1C)c1ccc(O)c(C)c1. The Kier molecular flexibility index (Phi) is 10.3. The molecule has 0 heterocycles. The van der Waals surface area contributed by atoms with Crippen LogP contribution in [0.15, 0.2) is 49.1 Å². The highest BCUT2D eigenvalue weighted by molar-refractivity contribution is 6.00. The van der Waals surface area contributed by atoms with Crippen LogP contribution < -0.4 is 16.4 Å². The predicted octanol–water partition coefficient (Wildman–Crippen LogP) is 3.78. The number of alkyl carbamates (subject to hydrolysis) is 1. The van der Waals surface area contributed by atoms with Crippen LogP contribution in [0.25, 0.3) is 0 Å². The fourth-order valence-electron chi connectivity index (χ4n) is 4.04. The number of aryl methyl sites for hydroxylation is 3. The number of carbonyl (C=O) groups is 4. The first-order chi connectivity index (χ1) is 18.1. The van der Waals surface area contributed by atoms with Gasteiger partial charge in [-0.1, -0.05) is 30.3 Å². The Morgan fingerprint density at radius 3 is 2.21 bits per heavy atom. The van der Waals surface area contributed by atoms with E-state index in [-0.39, 0.29) is 12.3 Å². The number of ether oxygens (including phenoxy) is 1. The molecule has 2 atom stereocenters. The van der Waals surface area contributed by atoms with Crippen molar-refractivity contribution in [3.63, 3.8) is 0 Å². The van der Waals surface area contributed by atoms with Crippen molar-refractivity contribution in [2.45, 2.75) is 65.6 Å². The number of nitrogens with one attached hydrogen (secondary N) is 2. The first kappa shape index (κ1) is 30.9. The number of nitrogens with zero attached hydrogens (tertiary/aromatic N) is 1. The highest BCUT2D eigenvalue weighted by Gasteiger charge is 2.37. The van der Waals surface area contributed by atoms with Gasteiger partial charge in [-0.2, -0.15) is 0 Å². The molecule has 2 rings (SSSR count). The Labute approximate surface area is 229 Å². The summed E-state index contributed by atoms with van der Waals surface area (Å²) in [4.78, 5) is 53.4. The van der Waals surface area contributed by atoms with Crippen LogP contribution in [0.4, 0.5) is 10.5 Å². The molecule has 2 aromatic rings. The number of hydrogen-bond donors (Lipinski definition) is 4. The van der Waals surface area contributed by atoms with E-state index in [0.29, 0.717) is 16.8 Å². The molecule has 10 heteroatoms. The highest BCUT2D eigenvalue weighted by atomic mass is 16.6. The largest absolute Gasteiger partial charge is 0.508 e. The van der Waals surface area contributed by atoms with E-state index in [1.807, 2.05) is 32.0 Å². The van der Waals surface area contributed by atoms with Crippen molar-refractivity contribution in [3.05, 3.63) is 71.3 Å². The summed E-state index contributed by atoms with van der Waals surface area (Å²) in [5.74, 6) is -2.10. The number of para-hydroxylation sites is 1. The topological polar surface area (TPSA) is 151 Å². The minimum absolute atomic E-state index is 0.0208. The van der Waals surface area contributed by atoms with Crippen molar-refractivity contribution in [2.75, 3.05) is 11.9 Å². The Hall–Kier alpha value is -4.34. The van der Waals surface area contributed by atoms with Gasteiger partial charge in [0.1, 0.15) is 23.4 Å². The first-order valence-electron chi connectivity index (χ1n) is 12.5. The smallest absolute Gasteiger partial charge is 0.408 e.